The second-order valence-corrected chi connectivity index (χ2v) is 6.93. The fraction of sp³-hybridized carbons (Fsp3) is 0.412. The van der Waals surface area contributed by atoms with Gasteiger partial charge in [0.15, 0.2) is 0 Å². The van der Waals surface area contributed by atoms with Gasteiger partial charge in [-0.1, -0.05) is 31.5 Å². The van der Waals surface area contributed by atoms with Crippen LogP contribution in [0, 0.1) is 0 Å². The van der Waals surface area contributed by atoms with E-state index in [2.05, 4.69) is 54.2 Å². The Morgan fingerprint density at radius 1 is 1.35 bits per heavy atom. The topological polar surface area (TPSA) is 30.9 Å². The van der Waals surface area contributed by atoms with Crippen molar-refractivity contribution in [1.82, 2.24) is 4.57 Å². The summed E-state index contributed by atoms with van der Waals surface area (Å²) in [6.45, 7) is 3.25. The molecule has 0 amide bonds. The van der Waals surface area contributed by atoms with Gasteiger partial charge in [0, 0.05) is 35.1 Å². The molecule has 20 heavy (non-hydrogen) atoms. The highest BCUT2D eigenvalue weighted by atomic mass is 32.2. The molecule has 106 valence electrons. The Morgan fingerprint density at radius 2 is 2.20 bits per heavy atom. The van der Waals surface area contributed by atoms with E-state index >= 15 is 0 Å². The van der Waals surface area contributed by atoms with Crippen LogP contribution in [-0.2, 0) is 13.0 Å². The van der Waals surface area contributed by atoms with Crippen molar-refractivity contribution in [3.63, 3.8) is 0 Å². The maximum atomic E-state index is 6.18. The minimum atomic E-state index is 0.190. The van der Waals surface area contributed by atoms with E-state index in [-0.39, 0.29) is 6.04 Å². The fourth-order valence-electron chi connectivity index (χ4n) is 2.86. The van der Waals surface area contributed by atoms with E-state index in [9.17, 15) is 0 Å². The number of aromatic nitrogens is 1. The number of hydrogen-bond donors (Lipinski definition) is 1. The van der Waals surface area contributed by atoms with Gasteiger partial charge in [0.25, 0.3) is 0 Å². The average molecular weight is 286 g/mol. The van der Waals surface area contributed by atoms with Crippen molar-refractivity contribution < 1.29 is 0 Å². The van der Waals surface area contributed by atoms with Crippen molar-refractivity contribution in [2.24, 2.45) is 5.73 Å². The van der Waals surface area contributed by atoms with E-state index < -0.39 is 0 Å². The summed E-state index contributed by atoms with van der Waals surface area (Å²) in [5, 5.41) is 0.648. The van der Waals surface area contributed by atoms with Crippen molar-refractivity contribution in [3.05, 3.63) is 53.9 Å². The normalized spacial score (nSPS) is 19.0. The van der Waals surface area contributed by atoms with Gasteiger partial charge in [0.05, 0.1) is 0 Å². The maximum Gasteiger partial charge on any atom is 0.0345 e. The van der Waals surface area contributed by atoms with Crippen LogP contribution in [-0.4, -0.2) is 9.82 Å². The quantitative estimate of drug-likeness (QED) is 0.900. The summed E-state index contributed by atoms with van der Waals surface area (Å²) in [4.78, 5) is 1.45. The zero-order valence-corrected chi connectivity index (χ0v) is 12.8. The molecule has 0 radical (unpaired) electrons. The molecule has 2 nitrogen and oxygen atoms in total. The van der Waals surface area contributed by atoms with Crippen LogP contribution in [0.25, 0.3) is 0 Å². The standard InChI is InChI=1S/C17H22N2S/c1-2-5-16(18)14-8-9-19(11-14)12-15-10-13-6-3-4-7-17(13)20-15/h3-4,6-9,11,15-16H,2,5,10,12,18H2,1H3. The van der Waals surface area contributed by atoms with Gasteiger partial charge in [-0.05, 0) is 36.1 Å². The minimum Gasteiger partial charge on any atom is -0.353 e. The Labute approximate surface area is 125 Å². The third kappa shape index (κ3) is 2.94. The molecule has 3 heteroatoms. The van der Waals surface area contributed by atoms with Crippen LogP contribution in [0.3, 0.4) is 0 Å². The second-order valence-electron chi connectivity index (χ2n) is 5.59. The van der Waals surface area contributed by atoms with Crippen molar-refractivity contribution in [1.29, 1.82) is 0 Å². The summed E-state index contributed by atoms with van der Waals surface area (Å²) in [6, 6.07) is 11.1. The van der Waals surface area contributed by atoms with Gasteiger partial charge in [-0.3, -0.25) is 0 Å². The minimum absolute atomic E-state index is 0.190. The highest BCUT2D eigenvalue weighted by Gasteiger charge is 2.22. The average Bonchev–Trinajstić information content (AvgIpc) is 3.05. The Kier molecular flexibility index (Phi) is 4.18. The molecule has 0 saturated heterocycles. The molecule has 0 spiro atoms. The molecule has 0 aliphatic carbocycles. The zero-order valence-electron chi connectivity index (χ0n) is 12.0. The number of nitrogens with zero attached hydrogens (tertiary/aromatic N) is 1. The third-order valence-corrected chi connectivity index (χ3v) is 5.23. The van der Waals surface area contributed by atoms with Crippen LogP contribution < -0.4 is 5.73 Å². The van der Waals surface area contributed by atoms with Gasteiger partial charge in [0.1, 0.15) is 0 Å². The van der Waals surface area contributed by atoms with Crippen molar-refractivity contribution in [2.45, 2.75) is 48.9 Å². The van der Waals surface area contributed by atoms with Crippen LogP contribution in [0.2, 0.25) is 0 Å². The van der Waals surface area contributed by atoms with Crippen molar-refractivity contribution in [2.75, 3.05) is 0 Å². The lowest BCUT2D eigenvalue weighted by Crippen LogP contribution is -2.12. The van der Waals surface area contributed by atoms with Gasteiger partial charge in [0.2, 0.25) is 0 Å². The number of nitrogens with two attached hydrogens (primary N) is 1. The Hall–Kier alpha value is -1.19. The lowest BCUT2D eigenvalue weighted by atomic mass is 10.1. The van der Waals surface area contributed by atoms with Gasteiger partial charge in [-0.25, -0.2) is 0 Å². The molecule has 3 rings (SSSR count). The van der Waals surface area contributed by atoms with E-state index in [1.165, 1.54) is 22.4 Å². The van der Waals surface area contributed by atoms with E-state index in [1.54, 1.807) is 0 Å². The summed E-state index contributed by atoms with van der Waals surface area (Å²) in [5.74, 6) is 0. The van der Waals surface area contributed by atoms with Crippen LogP contribution in [0.4, 0.5) is 0 Å². The molecule has 2 N–H and O–H groups in total. The molecular formula is C17H22N2S. The predicted molar refractivity (Wildman–Crippen MR) is 86.1 cm³/mol. The van der Waals surface area contributed by atoms with E-state index in [0.29, 0.717) is 5.25 Å². The lowest BCUT2D eigenvalue weighted by Gasteiger charge is -2.10. The molecule has 0 saturated carbocycles. The molecule has 2 aromatic rings. The van der Waals surface area contributed by atoms with Crippen LogP contribution in [0.5, 0.6) is 0 Å². The van der Waals surface area contributed by atoms with Crippen LogP contribution >= 0.6 is 11.8 Å². The molecule has 1 aliphatic heterocycles. The number of fused-ring (bicyclic) bond motifs is 1. The molecular weight excluding hydrogens is 264 g/mol. The first-order chi connectivity index (χ1) is 9.76. The molecule has 2 heterocycles. The molecule has 1 aromatic carbocycles. The first-order valence-electron chi connectivity index (χ1n) is 7.42. The van der Waals surface area contributed by atoms with Gasteiger partial charge >= 0.3 is 0 Å². The predicted octanol–water partition coefficient (Wildman–Crippen LogP) is 4.01. The lowest BCUT2D eigenvalue weighted by molar-refractivity contribution is 0.628. The number of rotatable bonds is 5. The maximum absolute atomic E-state index is 6.18. The molecule has 2 unspecified atom stereocenters. The second kappa shape index (κ2) is 6.06. The SMILES string of the molecule is CCCC(N)c1ccn(CC2Cc3ccccc3S2)c1. The van der Waals surface area contributed by atoms with E-state index in [1.807, 2.05) is 11.8 Å². The van der Waals surface area contributed by atoms with Gasteiger partial charge in [-0.15, -0.1) is 11.8 Å². The number of hydrogen-bond acceptors (Lipinski definition) is 2. The summed E-state index contributed by atoms with van der Waals surface area (Å²) in [6.07, 6.45) is 7.78. The van der Waals surface area contributed by atoms with Crippen molar-refractivity contribution in [3.8, 4) is 0 Å². The number of thioether (sulfide) groups is 1. The monoisotopic (exact) mass is 286 g/mol. The Balaban J connectivity index is 1.63. The first-order valence-corrected chi connectivity index (χ1v) is 8.30. The third-order valence-electron chi connectivity index (χ3n) is 3.93. The summed E-state index contributed by atoms with van der Waals surface area (Å²) < 4.78 is 2.30. The largest absolute Gasteiger partial charge is 0.353 e. The molecule has 1 aliphatic rings. The van der Waals surface area contributed by atoms with Gasteiger partial charge < -0.3 is 10.3 Å². The van der Waals surface area contributed by atoms with E-state index in [4.69, 9.17) is 5.73 Å². The number of benzene rings is 1. The van der Waals surface area contributed by atoms with Crippen LogP contribution in [0.15, 0.2) is 47.6 Å². The van der Waals surface area contributed by atoms with E-state index in [0.717, 1.165) is 19.4 Å². The Bertz CT molecular complexity index is 551. The first kappa shape index (κ1) is 13.8. The zero-order chi connectivity index (χ0) is 13.9. The highest BCUT2D eigenvalue weighted by Crippen LogP contribution is 2.37. The van der Waals surface area contributed by atoms with Gasteiger partial charge in [-0.2, -0.15) is 0 Å². The fourth-order valence-corrected chi connectivity index (χ4v) is 4.19. The van der Waals surface area contributed by atoms with Crippen LogP contribution in [0.1, 0.15) is 36.9 Å². The van der Waals surface area contributed by atoms with Crippen molar-refractivity contribution >= 4 is 11.8 Å². The molecule has 1 aromatic heterocycles. The molecule has 2 atom stereocenters. The molecule has 0 bridgehead atoms. The summed E-state index contributed by atoms with van der Waals surface area (Å²) >= 11 is 2.01. The molecule has 0 fully saturated rings. The highest BCUT2D eigenvalue weighted by molar-refractivity contribution is 8.00. The summed E-state index contributed by atoms with van der Waals surface area (Å²) in [7, 11) is 0. The Morgan fingerprint density at radius 3 is 3.00 bits per heavy atom. The summed E-state index contributed by atoms with van der Waals surface area (Å²) in [5.41, 5.74) is 8.95. The smallest absolute Gasteiger partial charge is 0.0345 e.